The van der Waals surface area contributed by atoms with Crippen molar-refractivity contribution in [3.63, 3.8) is 0 Å². The molecule has 3 aliphatic rings. The molecule has 224 valence electrons. The van der Waals surface area contributed by atoms with E-state index in [0.29, 0.717) is 11.8 Å². The van der Waals surface area contributed by atoms with E-state index in [0.717, 1.165) is 74.9 Å². The van der Waals surface area contributed by atoms with Gasteiger partial charge in [0.05, 0.1) is 22.8 Å². The van der Waals surface area contributed by atoms with Crippen molar-refractivity contribution in [3.05, 3.63) is 69.1 Å². The van der Waals surface area contributed by atoms with Crippen LogP contribution < -0.4 is 0 Å². The minimum Gasteiger partial charge on any atom is -0.361 e. The van der Waals surface area contributed by atoms with Crippen LogP contribution >= 0.6 is 0 Å². The lowest BCUT2D eigenvalue weighted by Crippen LogP contribution is -2.07. The van der Waals surface area contributed by atoms with Crippen LogP contribution in [0.1, 0.15) is 164 Å². The number of fused-ring (bicyclic) bond motifs is 8. The van der Waals surface area contributed by atoms with E-state index in [1.54, 1.807) is 0 Å². The third-order valence-electron chi connectivity index (χ3n) is 10.1. The molecule has 0 aromatic carbocycles. The maximum absolute atomic E-state index is 5.49. The molecule has 0 radical (unpaired) electrons. The lowest BCUT2D eigenvalue weighted by atomic mass is 9.83. The molecule has 2 aromatic heterocycles. The molecule has 2 aromatic rings. The van der Waals surface area contributed by atoms with E-state index in [1.807, 2.05) is 0 Å². The lowest BCUT2D eigenvalue weighted by molar-refractivity contribution is 0.529. The van der Waals surface area contributed by atoms with Crippen LogP contribution in [0, 0.1) is 0 Å². The van der Waals surface area contributed by atoms with Crippen LogP contribution in [0.3, 0.4) is 0 Å². The Hall–Kier alpha value is -3.14. The van der Waals surface area contributed by atoms with Crippen molar-refractivity contribution in [1.82, 2.24) is 19.9 Å². The van der Waals surface area contributed by atoms with E-state index in [9.17, 15) is 0 Å². The molecule has 2 atom stereocenters. The van der Waals surface area contributed by atoms with Crippen molar-refractivity contribution >= 4 is 33.3 Å². The Morgan fingerprint density at radius 3 is 1.45 bits per heavy atom. The first-order valence-corrected chi connectivity index (χ1v) is 16.9. The minimum absolute atomic E-state index is 0.460. The molecule has 2 unspecified atom stereocenters. The predicted octanol–water partition coefficient (Wildman–Crippen LogP) is 10.9. The van der Waals surface area contributed by atoms with Gasteiger partial charge in [0.1, 0.15) is 0 Å². The van der Waals surface area contributed by atoms with E-state index in [4.69, 9.17) is 9.97 Å². The summed E-state index contributed by atoms with van der Waals surface area (Å²) in [4.78, 5) is 18.7. The number of aromatic nitrogens is 4. The normalized spacial score (nSPS) is 17.8. The van der Waals surface area contributed by atoms with Gasteiger partial charge in [0, 0.05) is 34.3 Å². The van der Waals surface area contributed by atoms with Crippen LogP contribution in [0.2, 0.25) is 0 Å². The quantitative estimate of drug-likeness (QED) is 0.318. The van der Waals surface area contributed by atoms with Crippen LogP contribution in [0.25, 0.3) is 33.3 Å². The second kappa shape index (κ2) is 12.6. The molecular formula is C38H52N4. The smallest absolute Gasteiger partial charge is 0.0721 e. The number of nitrogens with zero attached hydrogens (tertiary/aromatic N) is 2. The molecule has 8 bridgehead atoms. The summed E-state index contributed by atoms with van der Waals surface area (Å²) < 4.78 is 0. The van der Waals surface area contributed by atoms with E-state index in [-0.39, 0.29) is 0 Å². The molecular weight excluding hydrogens is 512 g/mol. The molecule has 2 N–H and O–H groups in total. The van der Waals surface area contributed by atoms with Crippen molar-refractivity contribution in [2.24, 2.45) is 0 Å². The predicted molar refractivity (Wildman–Crippen MR) is 181 cm³/mol. The van der Waals surface area contributed by atoms with Crippen LogP contribution in [-0.2, 0) is 19.3 Å². The monoisotopic (exact) mass is 564 g/mol. The summed E-state index contributed by atoms with van der Waals surface area (Å²) in [5.74, 6) is 0.925. The molecule has 4 nitrogen and oxygen atoms in total. The fourth-order valence-corrected chi connectivity index (χ4v) is 8.07. The fraction of sp³-hybridized carbons (Fsp3) is 0.526. The zero-order chi connectivity index (χ0) is 30.1. The first-order chi connectivity index (χ1) is 20.4. The zero-order valence-electron chi connectivity index (χ0n) is 27.6. The van der Waals surface area contributed by atoms with Gasteiger partial charge in [0.2, 0.25) is 0 Å². The molecule has 0 saturated heterocycles. The molecule has 0 saturated carbocycles. The number of hydrogen-bond acceptors (Lipinski definition) is 2. The maximum atomic E-state index is 5.49. The van der Waals surface area contributed by atoms with Crippen molar-refractivity contribution in [2.75, 3.05) is 0 Å². The summed E-state index contributed by atoms with van der Waals surface area (Å²) in [7, 11) is 0. The van der Waals surface area contributed by atoms with Gasteiger partial charge in [-0.05, 0) is 115 Å². The molecule has 0 amide bonds. The highest BCUT2D eigenvalue weighted by Gasteiger charge is 2.32. The molecule has 4 heteroatoms. The Bertz CT molecular complexity index is 1610. The van der Waals surface area contributed by atoms with E-state index in [2.05, 4.69) is 90.5 Å². The summed E-state index contributed by atoms with van der Waals surface area (Å²) in [6.07, 6.45) is 9.14. The Balaban J connectivity index is 2.03. The molecule has 0 fully saturated rings. The number of H-pyrrole nitrogens is 2. The Labute approximate surface area is 253 Å². The van der Waals surface area contributed by atoms with Gasteiger partial charge < -0.3 is 9.97 Å². The average Bonchev–Trinajstić information content (AvgIpc) is 3.72. The standard InChI is InChI=1S/C38H52N4/c1-10-22-24(12-3)33-20-35-26(14-5)28(16-7)37(41-35)30(18-9)38-29(17-8)27(15-6)36(42-38)21-34-25(13-4)23(11-2)32(40-34)19-31(22)39-33/h19-21,26,28,40-41H,10-18H2,1-9H3. The molecule has 3 aliphatic heterocycles. The summed E-state index contributed by atoms with van der Waals surface area (Å²) in [5, 5.41) is 0. The number of allylic oxidation sites excluding steroid dienone is 4. The molecule has 5 heterocycles. The van der Waals surface area contributed by atoms with Crippen molar-refractivity contribution < 1.29 is 0 Å². The summed E-state index contributed by atoms with van der Waals surface area (Å²) in [5.41, 5.74) is 19.6. The molecule has 5 rings (SSSR count). The van der Waals surface area contributed by atoms with Crippen molar-refractivity contribution in [2.45, 2.75) is 132 Å². The minimum atomic E-state index is 0.460. The highest BCUT2D eigenvalue weighted by Crippen LogP contribution is 2.46. The third-order valence-corrected chi connectivity index (χ3v) is 10.1. The van der Waals surface area contributed by atoms with Gasteiger partial charge in [0.25, 0.3) is 0 Å². The van der Waals surface area contributed by atoms with Crippen LogP contribution in [0.15, 0.2) is 18.2 Å². The van der Waals surface area contributed by atoms with E-state index < -0.39 is 0 Å². The first kappa shape index (κ1) is 30.3. The zero-order valence-corrected chi connectivity index (χ0v) is 27.6. The SMILES string of the molecule is CCC1=C(CC)c2cc3[nH]c(cc4nc(c(CC)c5[nH]c(cc1n2)C(CC)C5CC)C(CC)=C4CC)c(CC)c3CC. The summed E-state index contributed by atoms with van der Waals surface area (Å²) >= 11 is 0. The number of rotatable bonds is 9. The van der Waals surface area contributed by atoms with Crippen LogP contribution in [-0.4, -0.2) is 19.9 Å². The van der Waals surface area contributed by atoms with E-state index in [1.165, 1.54) is 67.1 Å². The van der Waals surface area contributed by atoms with Gasteiger partial charge in [0.15, 0.2) is 0 Å². The number of aryl methyl sites for hydroxylation is 2. The van der Waals surface area contributed by atoms with Gasteiger partial charge in [-0.25, -0.2) is 9.97 Å². The van der Waals surface area contributed by atoms with Gasteiger partial charge >= 0.3 is 0 Å². The van der Waals surface area contributed by atoms with Crippen molar-refractivity contribution in [1.29, 1.82) is 0 Å². The summed E-state index contributed by atoms with van der Waals surface area (Å²) in [6, 6.07) is 7.08. The Kier molecular flexibility index (Phi) is 9.11. The molecule has 0 spiro atoms. The lowest BCUT2D eigenvalue weighted by Gasteiger charge is -2.19. The largest absolute Gasteiger partial charge is 0.361 e. The molecule has 0 aliphatic carbocycles. The van der Waals surface area contributed by atoms with Crippen molar-refractivity contribution in [3.8, 4) is 0 Å². The van der Waals surface area contributed by atoms with Gasteiger partial charge in [-0.1, -0.05) is 62.3 Å². The number of nitrogens with one attached hydrogen (secondary N) is 2. The highest BCUT2D eigenvalue weighted by molar-refractivity contribution is 5.95. The number of aromatic amines is 2. The second-order valence-corrected chi connectivity index (χ2v) is 12.0. The van der Waals surface area contributed by atoms with Gasteiger partial charge in [-0.15, -0.1) is 0 Å². The van der Waals surface area contributed by atoms with E-state index >= 15 is 0 Å². The number of hydrogen-bond donors (Lipinski definition) is 2. The van der Waals surface area contributed by atoms with Gasteiger partial charge in [-0.3, -0.25) is 0 Å². The summed E-state index contributed by atoms with van der Waals surface area (Å²) in [6.45, 7) is 20.7. The highest BCUT2D eigenvalue weighted by atomic mass is 14.8. The van der Waals surface area contributed by atoms with Crippen LogP contribution in [0.5, 0.6) is 0 Å². The fourth-order valence-electron chi connectivity index (χ4n) is 8.07. The Morgan fingerprint density at radius 2 is 0.976 bits per heavy atom. The maximum Gasteiger partial charge on any atom is 0.0721 e. The third kappa shape index (κ3) is 4.85. The second-order valence-electron chi connectivity index (χ2n) is 12.0. The van der Waals surface area contributed by atoms with Gasteiger partial charge in [-0.2, -0.15) is 0 Å². The van der Waals surface area contributed by atoms with Crippen LogP contribution in [0.4, 0.5) is 0 Å². The Morgan fingerprint density at radius 1 is 0.500 bits per heavy atom. The molecule has 42 heavy (non-hydrogen) atoms. The average molecular weight is 565 g/mol. The topological polar surface area (TPSA) is 57.4 Å². The first-order valence-electron chi connectivity index (χ1n) is 16.9.